The van der Waals surface area contributed by atoms with Gasteiger partial charge in [-0.1, -0.05) is 0 Å². The number of hydrogen-bond donors (Lipinski definition) is 3. The number of rotatable bonds is 7. The number of carbonyl (C=O) groups excluding carboxylic acids is 1. The van der Waals surface area contributed by atoms with Crippen molar-refractivity contribution in [1.29, 1.82) is 0 Å². The van der Waals surface area contributed by atoms with E-state index in [2.05, 4.69) is 15.8 Å². The summed E-state index contributed by atoms with van der Waals surface area (Å²) in [5, 5.41) is 7.12. The molecule has 1 rings (SSSR count). The zero-order valence-corrected chi connectivity index (χ0v) is 12.7. The van der Waals surface area contributed by atoms with Crippen LogP contribution in [0.5, 0.6) is 11.5 Å². The number of hydrogen-bond acceptors (Lipinski definition) is 5. The molecule has 1 amide bonds. The summed E-state index contributed by atoms with van der Waals surface area (Å²) in [6, 6.07) is 5.20. The lowest BCUT2D eigenvalue weighted by Gasteiger charge is -2.11. The van der Waals surface area contributed by atoms with Crippen LogP contribution in [0.25, 0.3) is 0 Å². The molecule has 7 nitrogen and oxygen atoms in total. The summed E-state index contributed by atoms with van der Waals surface area (Å²) in [6.45, 7) is 2.12. The molecule has 1 aromatic carbocycles. The average Bonchev–Trinajstić information content (AvgIpc) is 2.46. The minimum Gasteiger partial charge on any atom is -0.490 e. The third-order valence-electron chi connectivity index (χ3n) is 2.24. The standard InChI is InChI=1S/C13H18N4O3S/c1-3-19-11-6-9(7-16-17-13(21)15-2)4-5-10(11)20-8-12(14)18/h4-7H,3,8H2,1-2H3,(H2,14,18)(H2,15,17,21)/b16-7+. The Morgan fingerprint density at radius 2 is 2.19 bits per heavy atom. The van der Waals surface area contributed by atoms with Gasteiger partial charge < -0.3 is 20.5 Å². The summed E-state index contributed by atoms with van der Waals surface area (Å²) in [5.74, 6) is 0.415. The molecule has 1 aromatic rings. The molecule has 0 radical (unpaired) electrons. The summed E-state index contributed by atoms with van der Waals surface area (Å²) < 4.78 is 10.7. The molecule has 0 heterocycles. The van der Waals surface area contributed by atoms with Gasteiger partial charge in [0.25, 0.3) is 5.91 Å². The molecule has 21 heavy (non-hydrogen) atoms. The molecule has 0 aromatic heterocycles. The van der Waals surface area contributed by atoms with Crippen molar-refractivity contribution in [3.63, 3.8) is 0 Å². The molecule has 4 N–H and O–H groups in total. The maximum absolute atomic E-state index is 10.8. The van der Waals surface area contributed by atoms with Crippen LogP contribution >= 0.6 is 12.2 Å². The second kappa shape index (κ2) is 8.75. The van der Waals surface area contributed by atoms with Gasteiger partial charge in [-0.3, -0.25) is 10.2 Å². The van der Waals surface area contributed by atoms with Crippen LogP contribution in [0.4, 0.5) is 0 Å². The maximum atomic E-state index is 10.8. The van der Waals surface area contributed by atoms with Crippen LogP contribution in [0.1, 0.15) is 12.5 Å². The SMILES string of the molecule is CCOc1cc(/C=N/NC(=S)NC)ccc1OCC(N)=O. The van der Waals surface area contributed by atoms with Crippen LogP contribution < -0.4 is 25.9 Å². The predicted molar refractivity (Wildman–Crippen MR) is 84.7 cm³/mol. The summed E-state index contributed by atoms with van der Waals surface area (Å²) >= 11 is 4.89. The molecular formula is C13H18N4O3S. The third kappa shape index (κ3) is 6.09. The lowest BCUT2D eigenvalue weighted by atomic mass is 10.2. The van der Waals surface area contributed by atoms with E-state index >= 15 is 0 Å². The molecule has 0 bridgehead atoms. The molecule has 0 fully saturated rings. The number of benzene rings is 1. The number of carbonyl (C=O) groups is 1. The van der Waals surface area contributed by atoms with Gasteiger partial charge in [-0.15, -0.1) is 0 Å². The van der Waals surface area contributed by atoms with Crippen molar-refractivity contribution in [3.05, 3.63) is 23.8 Å². The molecular weight excluding hydrogens is 292 g/mol. The summed E-state index contributed by atoms with van der Waals surface area (Å²) in [7, 11) is 1.70. The molecule has 0 spiro atoms. The van der Waals surface area contributed by atoms with E-state index < -0.39 is 5.91 Å². The quantitative estimate of drug-likeness (QED) is 0.382. The minimum absolute atomic E-state index is 0.203. The fraction of sp³-hybridized carbons (Fsp3) is 0.308. The zero-order chi connectivity index (χ0) is 15.7. The second-order valence-corrected chi connectivity index (χ2v) is 4.25. The molecule has 0 aliphatic heterocycles. The molecule has 0 saturated carbocycles. The third-order valence-corrected chi connectivity index (χ3v) is 2.54. The van der Waals surface area contributed by atoms with E-state index in [0.717, 1.165) is 5.56 Å². The predicted octanol–water partition coefficient (Wildman–Crippen LogP) is 0.377. The van der Waals surface area contributed by atoms with Gasteiger partial charge in [-0.05, 0) is 42.9 Å². The van der Waals surface area contributed by atoms with E-state index in [-0.39, 0.29) is 6.61 Å². The number of primary amides is 1. The number of nitrogens with zero attached hydrogens (tertiary/aromatic N) is 1. The van der Waals surface area contributed by atoms with Crippen molar-refractivity contribution in [1.82, 2.24) is 10.7 Å². The van der Waals surface area contributed by atoms with Crippen LogP contribution in [0.3, 0.4) is 0 Å². The van der Waals surface area contributed by atoms with Gasteiger partial charge in [0.1, 0.15) is 0 Å². The smallest absolute Gasteiger partial charge is 0.255 e. The Bertz CT molecular complexity index is 534. The number of amides is 1. The fourth-order valence-electron chi connectivity index (χ4n) is 1.36. The van der Waals surface area contributed by atoms with Crippen LogP contribution in [0.2, 0.25) is 0 Å². The van der Waals surface area contributed by atoms with Crippen molar-refractivity contribution >= 4 is 29.5 Å². The van der Waals surface area contributed by atoms with Crippen molar-refractivity contribution in [2.75, 3.05) is 20.3 Å². The van der Waals surface area contributed by atoms with Crippen molar-refractivity contribution < 1.29 is 14.3 Å². The van der Waals surface area contributed by atoms with Crippen LogP contribution in [-0.2, 0) is 4.79 Å². The molecule has 0 aliphatic carbocycles. The van der Waals surface area contributed by atoms with Gasteiger partial charge in [-0.25, -0.2) is 0 Å². The van der Waals surface area contributed by atoms with Gasteiger partial charge in [0.2, 0.25) is 0 Å². The molecule has 0 unspecified atom stereocenters. The largest absolute Gasteiger partial charge is 0.490 e. The zero-order valence-electron chi connectivity index (χ0n) is 11.9. The first-order valence-corrected chi connectivity index (χ1v) is 6.66. The van der Waals surface area contributed by atoms with Crippen molar-refractivity contribution in [2.24, 2.45) is 10.8 Å². The summed E-state index contributed by atoms with van der Waals surface area (Å²) in [4.78, 5) is 10.8. The van der Waals surface area contributed by atoms with E-state index in [4.69, 9.17) is 27.4 Å². The second-order valence-electron chi connectivity index (χ2n) is 3.84. The Balaban J connectivity index is 2.81. The summed E-state index contributed by atoms with van der Waals surface area (Å²) in [6.07, 6.45) is 1.59. The summed E-state index contributed by atoms with van der Waals surface area (Å²) in [5.41, 5.74) is 8.48. The fourth-order valence-corrected chi connectivity index (χ4v) is 1.42. The molecule has 0 saturated heterocycles. The van der Waals surface area contributed by atoms with E-state index in [1.165, 1.54) is 0 Å². The van der Waals surface area contributed by atoms with Gasteiger partial charge in [0.05, 0.1) is 12.8 Å². The molecule has 114 valence electrons. The van der Waals surface area contributed by atoms with Crippen molar-refractivity contribution in [3.8, 4) is 11.5 Å². The molecule has 0 aliphatic rings. The van der Waals surface area contributed by atoms with Gasteiger partial charge in [0.15, 0.2) is 23.2 Å². The van der Waals surface area contributed by atoms with Gasteiger partial charge >= 0.3 is 0 Å². The average molecular weight is 310 g/mol. The number of nitrogens with two attached hydrogens (primary N) is 1. The van der Waals surface area contributed by atoms with Crippen molar-refractivity contribution in [2.45, 2.75) is 6.92 Å². The highest BCUT2D eigenvalue weighted by molar-refractivity contribution is 7.80. The topological polar surface area (TPSA) is 98.0 Å². The Labute approximate surface area is 128 Å². The van der Waals surface area contributed by atoms with Gasteiger partial charge in [-0.2, -0.15) is 5.10 Å². The number of ether oxygens (including phenoxy) is 2. The van der Waals surface area contributed by atoms with Crippen LogP contribution in [-0.4, -0.2) is 37.5 Å². The normalized spacial score (nSPS) is 10.2. The first-order valence-electron chi connectivity index (χ1n) is 6.25. The Morgan fingerprint density at radius 3 is 2.81 bits per heavy atom. The number of hydrazone groups is 1. The Morgan fingerprint density at radius 1 is 1.43 bits per heavy atom. The van der Waals surface area contributed by atoms with Crippen LogP contribution in [0, 0.1) is 0 Å². The highest BCUT2D eigenvalue weighted by Crippen LogP contribution is 2.27. The monoisotopic (exact) mass is 310 g/mol. The Hall–Kier alpha value is -2.35. The van der Waals surface area contributed by atoms with E-state index in [1.807, 2.05) is 6.92 Å². The molecule has 0 atom stereocenters. The lowest BCUT2D eigenvalue weighted by molar-refractivity contribution is -0.119. The molecule has 8 heteroatoms. The minimum atomic E-state index is -0.548. The van der Waals surface area contributed by atoms with Gasteiger partial charge in [0, 0.05) is 7.05 Å². The van der Waals surface area contributed by atoms with E-state index in [0.29, 0.717) is 23.2 Å². The first-order chi connectivity index (χ1) is 10.1. The number of nitrogens with one attached hydrogen (secondary N) is 2. The van der Waals surface area contributed by atoms with Crippen LogP contribution in [0.15, 0.2) is 23.3 Å². The number of thiocarbonyl (C=S) groups is 1. The van der Waals surface area contributed by atoms with E-state index in [9.17, 15) is 4.79 Å². The lowest BCUT2D eigenvalue weighted by Crippen LogP contribution is -2.28. The maximum Gasteiger partial charge on any atom is 0.255 e. The van der Waals surface area contributed by atoms with E-state index in [1.54, 1.807) is 31.5 Å². The first kappa shape index (κ1) is 16.7. The Kier molecular flexibility index (Phi) is 6.96. The highest BCUT2D eigenvalue weighted by Gasteiger charge is 2.07. The highest BCUT2D eigenvalue weighted by atomic mass is 32.1.